The van der Waals surface area contributed by atoms with E-state index in [9.17, 15) is 4.79 Å². The number of amides is 1. The lowest BCUT2D eigenvalue weighted by Gasteiger charge is -2.18. The van der Waals surface area contributed by atoms with Crippen molar-refractivity contribution in [2.24, 2.45) is 0 Å². The predicted octanol–water partition coefficient (Wildman–Crippen LogP) is 1.62. The molecule has 18 heavy (non-hydrogen) atoms. The molecule has 0 radical (unpaired) electrons. The molecule has 0 spiro atoms. The Hall–Kier alpha value is -2.09. The maximum atomic E-state index is 11.7. The zero-order valence-corrected chi connectivity index (χ0v) is 10.8. The normalized spacial score (nSPS) is 9.61. The van der Waals surface area contributed by atoms with Gasteiger partial charge >= 0.3 is 0 Å². The van der Waals surface area contributed by atoms with Crippen LogP contribution < -0.4 is 5.32 Å². The van der Waals surface area contributed by atoms with E-state index in [0.717, 1.165) is 18.8 Å². The molecule has 0 bridgehead atoms. The van der Waals surface area contributed by atoms with Crippen LogP contribution in [0.5, 0.6) is 0 Å². The maximum Gasteiger partial charge on any atom is 0.224 e. The number of nitrogens with one attached hydrogen (secondary N) is 1. The molecule has 0 saturated heterocycles. The minimum absolute atomic E-state index is 0.147. The van der Waals surface area contributed by atoms with Crippen LogP contribution >= 0.6 is 0 Å². The van der Waals surface area contributed by atoms with Gasteiger partial charge < -0.3 is 10.2 Å². The fourth-order valence-corrected chi connectivity index (χ4v) is 1.61. The van der Waals surface area contributed by atoms with Gasteiger partial charge in [0, 0.05) is 26.1 Å². The molecule has 1 aromatic heterocycles. The smallest absolute Gasteiger partial charge is 0.224 e. The standard InChI is InChI=1S/C13H18N4O/c1-3-17(4-2)13(18)7-8-15-12-6-5-11(9-14)16-10-12/h5-6,10,15H,3-4,7-8H2,1-2H3. The first kappa shape index (κ1) is 14.0. The Labute approximate surface area is 107 Å². The lowest BCUT2D eigenvalue weighted by Crippen LogP contribution is -2.31. The number of aromatic nitrogens is 1. The van der Waals surface area contributed by atoms with Crippen LogP contribution in [-0.4, -0.2) is 35.4 Å². The highest BCUT2D eigenvalue weighted by molar-refractivity contribution is 5.76. The van der Waals surface area contributed by atoms with E-state index in [0.29, 0.717) is 18.7 Å². The zero-order chi connectivity index (χ0) is 13.4. The molecule has 0 unspecified atom stereocenters. The highest BCUT2D eigenvalue weighted by atomic mass is 16.2. The largest absolute Gasteiger partial charge is 0.383 e. The monoisotopic (exact) mass is 246 g/mol. The molecule has 1 heterocycles. The lowest BCUT2D eigenvalue weighted by atomic mass is 10.3. The molecular weight excluding hydrogens is 228 g/mol. The van der Waals surface area contributed by atoms with Crippen molar-refractivity contribution in [3.05, 3.63) is 24.0 Å². The van der Waals surface area contributed by atoms with Crippen LogP contribution in [0.3, 0.4) is 0 Å². The predicted molar refractivity (Wildman–Crippen MR) is 70.0 cm³/mol. The van der Waals surface area contributed by atoms with Crippen molar-refractivity contribution < 1.29 is 4.79 Å². The Bertz CT molecular complexity index is 418. The van der Waals surface area contributed by atoms with Crippen molar-refractivity contribution in [3.8, 4) is 6.07 Å². The second kappa shape index (κ2) is 7.28. The molecule has 1 N–H and O–H groups in total. The van der Waals surface area contributed by atoms with Gasteiger partial charge in [-0.2, -0.15) is 5.26 Å². The van der Waals surface area contributed by atoms with Gasteiger partial charge in [-0.05, 0) is 26.0 Å². The minimum atomic E-state index is 0.147. The molecule has 1 aromatic rings. The first-order chi connectivity index (χ1) is 8.71. The number of carbonyl (C=O) groups excluding carboxylic acids is 1. The minimum Gasteiger partial charge on any atom is -0.383 e. The molecule has 1 amide bonds. The van der Waals surface area contributed by atoms with Crippen LogP contribution in [0, 0.1) is 11.3 Å². The van der Waals surface area contributed by atoms with Gasteiger partial charge in [-0.25, -0.2) is 4.98 Å². The van der Waals surface area contributed by atoms with Gasteiger partial charge in [-0.15, -0.1) is 0 Å². The summed E-state index contributed by atoms with van der Waals surface area (Å²) in [6.07, 6.45) is 2.06. The van der Waals surface area contributed by atoms with E-state index in [-0.39, 0.29) is 5.91 Å². The zero-order valence-electron chi connectivity index (χ0n) is 10.8. The van der Waals surface area contributed by atoms with E-state index >= 15 is 0 Å². The number of anilines is 1. The van der Waals surface area contributed by atoms with Crippen LogP contribution in [0.25, 0.3) is 0 Å². The summed E-state index contributed by atoms with van der Waals surface area (Å²) < 4.78 is 0. The van der Waals surface area contributed by atoms with Gasteiger partial charge in [-0.1, -0.05) is 0 Å². The number of pyridine rings is 1. The van der Waals surface area contributed by atoms with Crippen molar-refractivity contribution in [2.75, 3.05) is 25.0 Å². The summed E-state index contributed by atoms with van der Waals surface area (Å²) in [6.45, 7) is 6.00. The van der Waals surface area contributed by atoms with E-state index in [1.165, 1.54) is 0 Å². The van der Waals surface area contributed by atoms with E-state index in [1.807, 2.05) is 19.9 Å². The number of hydrogen-bond donors (Lipinski definition) is 1. The Morgan fingerprint density at radius 3 is 2.67 bits per heavy atom. The first-order valence-corrected chi connectivity index (χ1v) is 6.09. The summed E-state index contributed by atoms with van der Waals surface area (Å²) in [5.74, 6) is 0.147. The third-order valence-electron chi connectivity index (χ3n) is 2.66. The second-order valence-electron chi connectivity index (χ2n) is 3.79. The highest BCUT2D eigenvalue weighted by Crippen LogP contribution is 2.05. The molecule has 0 aliphatic carbocycles. The number of rotatable bonds is 6. The third-order valence-corrected chi connectivity index (χ3v) is 2.66. The van der Waals surface area contributed by atoms with Gasteiger partial charge in [0.2, 0.25) is 5.91 Å². The Kier molecular flexibility index (Phi) is 5.65. The lowest BCUT2D eigenvalue weighted by molar-refractivity contribution is -0.130. The van der Waals surface area contributed by atoms with E-state index in [4.69, 9.17) is 5.26 Å². The Balaban J connectivity index is 2.37. The molecule has 0 fully saturated rings. The van der Waals surface area contributed by atoms with Crippen molar-refractivity contribution in [1.29, 1.82) is 5.26 Å². The molecule has 0 aliphatic heterocycles. The van der Waals surface area contributed by atoms with Crippen LogP contribution in [0.2, 0.25) is 0 Å². The Morgan fingerprint density at radius 1 is 1.44 bits per heavy atom. The molecule has 96 valence electrons. The molecular formula is C13H18N4O. The average molecular weight is 246 g/mol. The Morgan fingerprint density at radius 2 is 2.17 bits per heavy atom. The van der Waals surface area contributed by atoms with Crippen LogP contribution in [0.1, 0.15) is 26.0 Å². The maximum absolute atomic E-state index is 11.7. The summed E-state index contributed by atoms with van der Waals surface area (Å²) in [4.78, 5) is 17.5. The molecule has 5 nitrogen and oxygen atoms in total. The summed E-state index contributed by atoms with van der Waals surface area (Å²) in [5.41, 5.74) is 1.21. The molecule has 1 rings (SSSR count). The van der Waals surface area contributed by atoms with Crippen LogP contribution in [0.15, 0.2) is 18.3 Å². The van der Waals surface area contributed by atoms with Crippen molar-refractivity contribution in [1.82, 2.24) is 9.88 Å². The topological polar surface area (TPSA) is 69.0 Å². The number of nitriles is 1. The van der Waals surface area contributed by atoms with Crippen molar-refractivity contribution in [3.63, 3.8) is 0 Å². The SMILES string of the molecule is CCN(CC)C(=O)CCNc1ccc(C#N)nc1. The number of hydrogen-bond acceptors (Lipinski definition) is 4. The molecule has 0 aliphatic rings. The van der Waals surface area contributed by atoms with Gasteiger partial charge in [0.15, 0.2) is 0 Å². The van der Waals surface area contributed by atoms with Crippen LogP contribution in [0.4, 0.5) is 5.69 Å². The number of carbonyl (C=O) groups is 1. The van der Waals surface area contributed by atoms with E-state index < -0.39 is 0 Å². The quantitative estimate of drug-likeness (QED) is 0.828. The molecule has 0 saturated carbocycles. The summed E-state index contributed by atoms with van der Waals surface area (Å²) >= 11 is 0. The van der Waals surface area contributed by atoms with Crippen LogP contribution in [-0.2, 0) is 4.79 Å². The van der Waals surface area contributed by atoms with Gasteiger partial charge in [0.1, 0.15) is 11.8 Å². The third kappa shape index (κ3) is 4.06. The fraction of sp³-hybridized carbons (Fsp3) is 0.462. The second-order valence-corrected chi connectivity index (χ2v) is 3.79. The number of nitrogens with zero attached hydrogens (tertiary/aromatic N) is 3. The average Bonchev–Trinajstić information content (AvgIpc) is 2.41. The molecule has 0 atom stereocenters. The summed E-state index contributed by atoms with van der Waals surface area (Å²) in [7, 11) is 0. The van der Waals surface area contributed by atoms with Gasteiger partial charge in [0.05, 0.1) is 11.9 Å². The van der Waals surface area contributed by atoms with Gasteiger partial charge in [0.25, 0.3) is 0 Å². The van der Waals surface area contributed by atoms with Crippen molar-refractivity contribution in [2.45, 2.75) is 20.3 Å². The fourth-order valence-electron chi connectivity index (χ4n) is 1.61. The van der Waals surface area contributed by atoms with E-state index in [1.54, 1.807) is 23.2 Å². The summed E-state index contributed by atoms with van der Waals surface area (Å²) in [5, 5.41) is 11.7. The summed E-state index contributed by atoms with van der Waals surface area (Å²) in [6, 6.07) is 5.39. The van der Waals surface area contributed by atoms with E-state index in [2.05, 4.69) is 10.3 Å². The first-order valence-electron chi connectivity index (χ1n) is 6.09. The highest BCUT2D eigenvalue weighted by Gasteiger charge is 2.08. The molecule has 0 aromatic carbocycles. The van der Waals surface area contributed by atoms with Gasteiger partial charge in [-0.3, -0.25) is 4.79 Å². The van der Waals surface area contributed by atoms with Crippen molar-refractivity contribution >= 4 is 11.6 Å². The molecule has 5 heteroatoms.